The molecule has 124 valence electrons. The topological polar surface area (TPSA) is 66.6 Å². The zero-order valence-electron chi connectivity index (χ0n) is 14.4. The van der Waals surface area contributed by atoms with Crippen LogP contribution < -0.4 is 4.74 Å². The zero-order chi connectivity index (χ0) is 17.6. The maximum absolute atomic E-state index is 9.08. The third kappa shape index (κ3) is 2.34. The van der Waals surface area contributed by atoms with Crippen molar-refractivity contribution in [3.05, 3.63) is 59.4 Å². The highest BCUT2D eigenvalue weighted by molar-refractivity contribution is 5.88. The number of aromatic nitrogens is 3. The van der Waals surface area contributed by atoms with Crippen LogP contribution in [0.4, 0.5) is 0 Å². The molecule has 0 amide bonds. The molecule has 2 heterocycles. The molecule has 5 heteroatoms. The lowest BCUT2D eigenvalue weighted by Gasteiger charge is -2.18. The van der Waals surface area contributed by atoms with Gasteiger partial charge in [0.15, 0.2) is 0 Å². The van der Waals surface area contributed by atoms with E-state index in [1.54, 1.807) is 7.11 Å². The number of rotatable bonds is 3. The smallest absolute Gasteiger partial charge is 0.125 e. The first kappa shape index (κ1) is 15.3. The van der Waals surface area contributed by atoms with E-state index in [2.05, 4.69) is 42.1 Å². The molecule has 4 aromatic rings. The minimum Gasteiger partial charge on any atom is -0.496 e. The lowest BCUT2D eigenvalue weighted by atomic mass is 9.99. The molecule has 0 aliphatic carbocycles. The molecule has 0 aliphatic heterocycles. The number of H-pyrrole nitrogens is 1. The summed E-state index contributed by atoms with van der Waals surface area (Å²) in [4.78, 5) is 3.31. The third-order valence-corrected chi connectivity index (χ3v) is 4.73. The van der Waals surface area contributed by atoms with Gasteiger partial charge in [-0.25, -0.2) is 0 Å². The number of aryl methyl sites for hydroxylation is 1. The Bertz CT molecular complexity index is 1130. The van der Waals surface area contributed by atoms with Crippen molar-refractivity contribution in [2.75, 3.05) is 7.11 Å². The number of aromatic amines is 1. The maximum atomic E-state index is 9.08. The Labute approximate surface area is 145 Å². The summed E-state index contributed by atoms with van der Waals surface area (Å²) < 4.78 is 7.59. The van der Waals surface area contributed by atoms with Crippen LogP contribution in [0.2, 0.25) is 0 Å². The highest BCUT2D eigenvalue weighted by Gasteiger charge is 2.20. The van der Waals surface area contributed by atoms with Gasteiger partial charge in [-0.1, -0.05) is 0 Å². The summed E-state index contributed by atoms with van der Waals surface area (Å²) in [5.41, 5.74) is 4.80. The SMILES string of the molecule is COc1cc(C)c2[nH]ccc2c1C(C)n1cc2ccc(C#N)cc2n1. The predicted molar refractivity (Wildman–Crippen MR) is 97.8 cm³/mol. The van der Waals surface area contributed by atoms with Crippen molar-refractivity contribution in [3.8, 4) is 11.8 Å². The molecule has 2 aromatic carbocycles. The molecule has 0 radical (unpaired) electrons. The molecule has 1 atom stereocenters. The van der Waals surface area contributed by atoms with Gasteiger partial charge >= 0.3 is 0 Å². The van der Waals surface area contributed by atoms with Gasteiger partial charge in [0.05, 0.1) is 30.3 Å². The van der Waals surface area contributed by atoms with Crippen molar-refractivity contribution in [1.82, 2.24) is 14.8 Å². The van der Waals surface area contributed by atoms with Crippen molar-refractivity contribution in [2.45, 2.75) is 19.9 Å². The number of methoxy groups -OCH3 is 1. The monoisotopic (exact) mass is 330 g/mol. The Kier molecular flexibility index (Phi) is 3.47. The standard InChI is InChI=1S/C20H18N4O/c1-12-8-18(25-3)19(16-6-7-22-20(12)16)13(2)24-11-15-5-4-14(10-21)9-17(15)23-24/h4-9,11,13,22H,1-3H3. The second-order valence-corrected chi connectivity index (χ2v) is 6.25. The predicted octanol–water partition coefficient (Wildman–Crippen LogP) is 4.32. The first-order valence-corrected chi connectivity index (χ1v) is 8.16. The zero-order valence-corrected chi connectivity index (χ0v) is 14.4. The van der Waals surface area contributed by atoms with E-state index >= 15 is 0 Å². The second-order valence-electron chi connectivity index (χ2n) is 6.25. The number of fused-ring (bicyclic) bond motifs is 2. The average molecular weight is 330 g/mol. The Morgan fingerprint density at radius 1 is 1.28 bits per heavy atom. The minimum atomic E-state index is -0.00761. The molecular formula is C20H18N4O. The molecular weight excluding hydrogens is 312 g/mol. The highest BCUT2D eigenvalue weighted by Crippen LogP contribution is 2.36. The number of ether oxygens (including phenoxy) is 1. The normalized spacial score (nSPS) is 12.4. The minimum absolute atomic E-state index is 0.00761. The summed E-state index contributed by atoms with van der Waals surface area (Å²) in [5, 5.41) is 15.9. The Balaban J connectivity index is 1.90. The van der Waals surface area contributed by atoms with Crippen molar-refractivity contribution in [1.29, 1.82) is 5.26 Å². The summed E-state index contributed by atoms with van der Waals surface area (Å²) in [6, 6.07) is 11.9. The number of nitriles is 1. The summed E-state index contributed by atoms with van der Waals surface area (Å²) in [6.45, 7) is 4.18. The van der Waals surface area contributed by atoms with E-state index in [0.29, 0.717) is 5.56 Å². The molecule has 5 nitrogen and oxygen atoms in total. The molecule has 1 unspecified atom stereocenters. The Morgan fingerprint density at radius 3 is 2.88 bits per heavy atom. The fourth-order valence-electron chi connectivity index (χ4n) is 3.43. The number of nitrogens with one attached hydrogen (secondary N) is 1. The molecule has 2 aromatic heterocycles. The number of hydrogen-bond donors (Lipinski definition) is 1. The van der Waals surface area contributed by atoms with Gasteiger partial charge in [-0.05, 0) is 49.7 Å². The fraction of sp³-hybridized carbons (Fsp3) is 0.200. The van der Waals surface area contributed by atoms with E-state index < -0.39 is 0 Å². The van der Waals surface area contributed by atoms with E-state index in [-0.39, 0.29) is 6.04 Å². The molecule has 1 N–H and O–H groups in total. The van der Waals surface area contributed by atoms with Crippen LogP contribution in [0.15, 0.2) is 42.7 Å². The van der Waals surface area contributed by atoms with Gasteiger partial charge < -0.3 is 9.72 Å². The Morgan fingerprint density at radius 2 is 2.12 bits per heavy atom. The van der Waals surface area contributed by atoms with Gasteiger partial charge in [0.25, 0.3) is 0 Å². The van der Waals surface area contributed by atoms with Crippen molar-refractivity contribution >= 4 is 21.8 Å². The number of hydrogen-bond acceptors (Lipinski definition) is 3. The quantitative estimate of drug-likeness (QED) is 0.608. The molecule has 0 bridgehead atoms. The molecule has 4 rings (SSSR count). The summed E-state index contributed by atoms with van der Waals surface area (Å²) in [6.07, 6.45) is 3.96. The van der Waals surface area contributed by atoms with E-state index in [0.717, 1.165) is 38.7 Å². The van der Waals surface area contributed by atoms with Crippen LogP contribution in [0.3, 0.4) is 0 Å². The molecule has 0 aliphatic rings. The third-order valence-electron chi connectivity index (χ3n) is 4.73. The van der Waals surface area contributed by atoms with Gasteiger partial charge in [0.1, 0.15) is 5.75 Å². The lowest BCUT2D eigenvalue weighted by Crippen LogP contribution is -2.09. The summed E-state index contributed by atoms with van der Waals surface area (Å²) in [7, 11) is 1.70. The molecule has 25 heavy (non-hydrogen) atoms. The van der Waals surface area contributed by atoms with Gasteiger partial charge in [0, 0.05) is 34.2 Å². The van der Waals surface area contributed by atoms with Gasteiger partial charge in [-0.3, -0.25) is 4.68 Å². The first-order chi connectivity index (χ1) is 12.1. The van der Waals surface area contributed by atoms with Crippen molar-refractivity contribution < 1.29 is 4.74 Å². The van der Waals surface area contributed by atoms with E-state index in [1.165, 1.54) is 0 Å². The van der Waals surface area contributed by atoms with Crippen LogP contribution in [0, 0.1) is 18.3 Å². The van der Waals surface area contributed by atoms with Crippen LogP contribution >= 0.6 is 0 Å². The van der Waals surface area contributed by atoms with Gasteiger partial charge in [-0.15, -0.1) is 0 Å². The Hall–Kier alpha value is -3.26. The van der Waals surface area contributed by atoms with Crippen LogP contribution in [-0.4, -0.2) is 21.9 Å². The molecule has 0 spiro atoms. The van der Waals surface area contributed by atoms with Crippen LogP contribution in [0.1, 0.15) is 29.7 Å². The second kappa shape index (κ2) is 5.67. The molecule has 0 saturated carbocycles. The van der Waals surface area contributed by atoms with Gasteiger partial charge in [0.2, 0.25) is 0 Å². The van der Waals surface area contributed by atoms with Crippen molar-refractivity contribution in [3.63, 3.8) is 0 Å². The van der Waals surface area contributed by atoms with Gasteiger partial charge in [-0.2, -0.15) is 10.4 Å². The molecule has 0 saturated heterocycles. The average Bonchev–Trinajstić information content (AvgIpc) is 3.27. The van der Waals surface area contributed by atoms with Crippen molar-refractivity contribution in [2.24, 2.45) is 0 Å². The number of benzene rings is 2. The molecule has 0 fully saturated rings. The van der Waals surface area contributed by atoms with Crippen LogP contribution in [0.25, 0.3) is 21.8 Å². The largest absolute Gasteiger partial charge is 0.496 e. The van der Waals surface area contributed by atoms with Crippen LogP contribution in [0.5, 0.6) is 5.75 Å². The highest BCUT2D eigenvalue weighted by atomic mass is 16.5. The summed E-state index contributed by atoms with van der Waals surface area (Å²) in [5.74, 6) is 0.856. The van der Waals surface area contributed by atoms with E-state index in [1.807, 2.05) is 35.3 Å². The first-order valence-electron chi connectivity index (χ1n) is 8.16. The van der Waals surface area contributed by atoms with Crippen LogP contribution in [-0.2, 0) is 0 Å². The maximum Gasteiger partial charge on any atom is 0.125 e. The van der Waals surface area contributed by atoms with E-state index in [4.69, 9.17) is 10.00 Å². The summed E-state index contributed by atoms with van der Waals surface area (Å²) >= 11 is 0. The van der Waals surface area contributed by atoms with E-state index in [9.17, 15) is 0 Å². The lowest BCUT2D eigenvalue weighted by molar-refractivity contribution is 0.402. The number of nitrogens with zero attached hydrogens (tertiary/aromatic N) is 3. The fourth-order valence-corrected chi connectivity index (χ4v) is 3.43.